The summed E-state index contributed by atoms with van der Waals surface area (Å²) < 4.78 is 27.5. The molecule has 5 nitrogen and oxygen atoms in total. The van der Waals surface area contributed by atoms with Crippen LogP contribution in [0.1, 0.15) is 12.0 Å². The van der Waals surface area contributed by atoms with Crippen molar-refractivity contribution in [3.05, 3.63) is 28.2 Å². The number of hydrogen-bond acceptors (Lipinski definition) is 4. The van der Waals surface area contributed by atoms with Gasteiger partial charge in [0.05, 0.1) is 4.90 Å². The van der Waals surface area contributed by atoms with Crippen molar-refractivity contribution >= 4 is 26.0 Å². The van der Waals surface area contributed by atoms with Gasteiger partial charge in [0.2, 0.25) is 10.0 Å². The lowest BCUT2D eigenvalue weighted by atomic mass is 10.2. The van der Waals surface area contributed by atoms with E-state index in [0.29, 0.717) is 17.6 Å². The van der Waals surface area contributed by atoms with Gasteiger partial charge in [-0.15, -0.1) is 0 Å². The maximum atomic E-state index is 12.2. The number of benzene rings is 1. The Morgan fingerprint density at radius 1 is 1.37 bits per heavy atom. The molecule has 0 saturated heterocycles. The molecule has 1 aromatic rings. The first-order valence-corrected chi connectivity index (χ1v) is 8.27. The third kappa shape index (κ3) is 5.19. The van der Waals surface area contributed by atoms with Crippen molar-refractivity contribution in [2.45, 2.75) is 17.9 Å². The molecule has 3 N–H and O–H groups in total. The molecule has 0 heterocycles. The third-order valence-electron chi connectivity index (χ3n) is 2.60. The van der Waals surface area contributed by atoms with Gasteiger partial charge in [0.15, 0.2) is 0 Å². The Hall–Kier alpha value is -0.470. The van der Waals surface area contributed by atoms with Crippen LogP contribution < -0.4 is 10.5 Å². The van der Waals surface area contributed by atoms with Gasteiger partial charge >= 0.3 is 0 Å². The zero-order chi connectivity index (χ0) is 14.5. The van der Waals surface area contributed by atoms with E-state index in [-0.39, 0.29) is 4.90 Å². The van der Waals surface area contributed by atoms with Gasteiger partial charge in [-0.25, -0.2) is 13.1 Å². The van der Waals surface area contributed by atoms with E-state index in [4.69, 9.17) is 5.73 Å². The van der Waals surface area contributed by atoms with Crippen molar-refractivity contribution in [1.29, 1.82) is 0 Å². The Kier molecular flexibility index (Phi) is 6.41. The van der Waals surface area contributed by atoms with E-state index in [1.807, 2.05) is 19.0 Å². The highest BCUT2D eigenvalue weighted by Crippen LogP contribution is 2.22. The Labute approximate surface area is 123 Å². The SMILES string of the molecule is CN(C)CCCNS(=O)(=O)c1cc(CN)ccc1Br. The molecule has 0 atom stereocenters. The Morgan fingerprint density at radius 2 is 2.05 bits per heavy atom. The van der Waals surface area contributed by atoms with Crippen molar-refractivity contribution in [3.8, 4) is 0 Å². The predicted octanol–water partition coefficient (Wildman–Crippen LogP) is 1.14. The van der Waals surface area contributed by atoms with Crippen molar-refractivity contribution in [3.63, 3.8) is 0 Å². The minimum atomic E-state index is -3.49. The largest absolute Gasteiger partial charge is 0.326 e. The van der Waals surface area contributed by atoms with Gasteiger partial charge in [-0.05, 0) is 60.7 Å². The topological polar surface area (TPSA) is 75.4 Å². The highest BCUT2D eigenvalue weighted by molar-refractivity contribution is 9.10. The molecule has 108 valence electrons. The van der Waals surface area contributed by atoms with Crippen LogP contribution in [0, 0.1) is 0 Å². The number of sulfonamides is 1. The molecule has 0 aliphatic heterocycles. The molecule has 1 rings (SSSR count). The van der Waals surface area contributed by atoms with Gasteiger partial charge < -0.3 is 10.6 Å². The van der Waals surface area contributed by atoms with Gasteiger partial charge in [0.25, 0.3) is 0 Å². The number of rotatable bonds is 7. The predicted molar refractivity (Wildman–Crippen MR) is 80.4 cm³/mol. The van der Waals surface area contributed by atoms with Crippen LogP contribution in [0.25, 0.3) is 0 Å². The van der Waals surface area contributed by atoms with E-state index < -0.39 is 10.0 Å². The van der Waals surface area contributed by atoms with Gasteiger partial charge in [0.1, 0.15) is 0 Å². The standard InChI is InChI=1S/C12H20BrN3O2S/c1-16(2)7-3-6-15-19(17,18)12-8-10(9-14)4-5-11(12)13/h4-5,8,15H,3,6-7,9,14H2,1-2H3. The van der Waals surface area contributed by atoms with Crippen LogP contribution >= 0.6 is 15.9 Å². The van der Waals surface area contributed by atoms with Gasteiger partial charge in [0, 0.05) is 17.6 Å². The summed E-state index contributed by atoms with van der Waals surface area (Å²) in [7, 11) is 0.416. The fourth-order valence-electron chi connectivity index (χ4n) is 1.56. The van der Waals surface area contributed by atoms with Crippen molar-refractivity contribution in [2.75, 3.05) is 27.2 Å². The summed E-state index contributed by atoms with van der Waals surface area (Å²) >= 11 is 3.26. The van der Waals surface area contributed by atoms with Crippen LogP contribution in [-0.4, -0.2) is 40.5 Å². The number of halogens is 1. The van der Waals surface area contributed by atoms with Crippen LogP contribution in [0.15, 0.2) is 27.6 Å². The first kappa shape index (κ1) is 16.6. The van der Waals surface area contributed by atoms with Crippen LogP contribution in [0.5, 0.6) is 0 Å². The molecule has 0 unspecified atom stereocenters. The summed E-state index contributed by atoms with van der Waals surface area (Å²) in [6.07, 6.45) is 0.764. The Morgan fingerprint density at radius 3 is 2.63 bits per heavy atom. The van der Waals surface area contributed by atoms with Gasteiger partial charge in [-0.2, -0.15) is 0 Å². The molecule has 0 aliphatic rings. The van der Waals surface area contributed by atoms with E-state index >= 15 is 0 Å². The molecular formula is C12H20BrN3O2S. The lowest BCUT2D eigenvalue weighted by Gasteiger charge is -2.12. The molecule has 0 amide bonds. The maximum Gasteiger partial charge on any atom is 0.241 e. The molecule has 0 saturated carbocycles. The van der Waals surface area contributed by atoms with Crippen LogP contribution in [-0.2, 0) is 16.6 Å². The average Bonchev–Trinajstić information content (AvgIpc) is 2.35. The molecule has 0 fully saturated rings. The molecule has 19 heavy (non-hydrogen) atoms. The molecule has 7 heteroatoms. The summed E-state index contributed by atoms with van der Waals surface area (Å²) in [5.41, 5.74) is 6.32. The quantitative estimate of drug-likeness (QED) is 0.723. The zero-order valence-corrected chi connectivity index (χ0v) is 13.6. The Balaban J connectivity index is 2.77. The second-order valence-electron chi connectivity index (χ2n) is 4.52. The normalized spacial score (nSPS) is 12.1. The lowest BCUT2D eigenvalue weighted by Crippen LogP contribution is -2.27. The molecule has 0 bridgehead atoms. The van der Waals surface area contributed by atoms with Crippen molar-refractivity contribution in [2.24, 2.45) is 5.73 Å². The molecule has 0 spiro atoms. The van der Waals surface area contributed by atoms with E-state index in [1.165, 1.54) is 0 Å². The van der Waals surface area contributed by atoms with Gasteiger partial charge in [-0.1, -0.05) is 6.07 Å². The van der Waals surface area contributed by atoms with Crippen LogP contribution in [0.4, 0.5) is 0 Å². The highest BCUT2D eigenvalue weighted by atomic mass is 79.9. The Bertz CT molecular complexity index is 518. The fraction of sp³-hybridized carbons (Fsp3) is 0.500. The molecule has 0 aliphatic carbocycles. The smallest absolute Gasteiger partial charge is 0.241 e. The van der Waals surface area contributed by atoms with E-state index in [0.717, 1.165) is 18.5 Å². The molecule has 0 aromatic heterocycles. The summed E-state index contributed by atoms with van der Waals surface area (Å²) in [6, 6.07) is 5.10. The first-order valence-electron chi connectivity index (χ1n) is 5.99. The van der Waals surface area contributed by atoms with Crippen molar-refractivity contribution < 1.29 is 8.42 Å². The molecule has 0 radical (unpaired) electrons. The third-order valence-corrected chi connectivity index (χ3v) is 5.05. The lowest BCUT2D eigenvalue weighted by molar-refractivity contribution is 0.400. The summed E-state index contributed by atoms with van der Waals surface area (Å²) in [5, 5.41) is 0. The summed E-state index contributed by atoms with van der Waals surface area (Å²) in [4.78, 5) is 2.25. The number of nitrogens with one attached hydrogen (secondary N) is 1. The molecular weight excluding hydrogens is 330 g/mol. The average molecular weight is 350 g/mol. The minimum absolute atomic E-state index is 0.236. The fourth-order valence-corrected chi connectivity index (χ4v) is 3.65. The summed E-state index contributed by atoms with van der Waals surface area (Å²) in [6.45, 7) is 1.57. The zero-order valence-electron chi connectivity index (χ0n) is 11.2. The first-order chi connectivity index (χ1) is 8.86. The number of nitrogens with two attached hydrogens (primary N) is 1. The van der Waals surface area contributed by atoms with Gasteiger partial charge in [-0.3, -0.25) is 0 Å². The van der Waals surface area contributed by atoms with Crippen LogP contribution in [0.3, 0.4) is 0 Å². The number of nitrogens with zero attached hydrogens (tertiary/aromatic N) is 1. The second kappa shape index (κ2) is 7.35. The second-order valence-corrected chi connectivity index (χ2v) is 7.11. The maximum absolute atomic E-state index is 12.2. The van der Waals surface area contributed by atoms with Crippen molar-refractivity contribution in [1.82, 2.24) is 9.62 Å². The van der Waals surface area contributed by atoms with E-state index in [9.17, 15) is 8.42 Å². The summed E-state index contributed by atoms with van der Waals surface area (Å²) in [5.74, 6) is 0. The van der Waals surface area contributed by atoms with E-state index in [1.54, 1.807) is 18.2 Å². The van der Waals surface area contributed by atoms with Crippen LogP contribution in [0.2, 0.25) is 0 Å². The van der Waals surface area contributed by atoms with E-state index in [2.05, 4.69) is 20.7 Å². The highest BCUT2D eigenvalue weighted by Gasteiger charge is 2.17. The number of hydrogen-bond donors (Lipinski definition) is 2. The minimum Gasteiger partial charge on any atom is -0.326 e. The monoisotopic (exact) mass is 349 g/mol. The molecule has 1 aromatic carbocycles.